The van der Waals surface area contributed by atoms with Crippen molar-refractivity contribution in [1.29, 1.82) is 0 Å². The van der Waals surface area contributed by atoms with Gasteiger partial charge >= 0.3 is 0 Å². The Bertz CT molecular complexity index is 556. The highest BCUT2D eigenvalue weighted by atomic mass is 16.5. The van der Waals surface area contributed by atoms with Gasteiger partial charge in [-0.1, -0.05) is 6.07 Å². The number of nitrogens with one attached hydrogen (secondary N) is 1. The van der Waals surface area contributed by atoms with Crippen LogP contribution in [0, 0.1) is 0 Å². The third-order valence-corrected chi connectivity index (χ3v) is 3.55. The SMILES string of the molecule is COc1c(C2COCCN2)ccc2c1ccn2C. The van der Waals surface area contributed by atoms with Gasteiger partial charge in [0, 0.05) is 30.7 Å². The Morgan fingerprint density at radius 1 is 1.39 bits per heavy atom. The van der Waals surface area contributed by atoms with Crippen molar-refractivity contribution in [1.82, 2.24) is 9.88 Å². The van der Waals surface area contributed by atoms with Crippen LogP contribution < -0.4 is 10.1 Å². The molecule has 1 N–H and O–H groups in total. The summed E-state index contributed by atoms with van der Waals surface area (Å²) in [5, 5.41) is 4.63. The second kappa shape index (κ2) is 4.63. The zero-order valence-corrected chi connectivity index (χ0v) is 10.8. The molecule has 0 radical (unpaired) electrons. The number of hydrogen-bond acceptors (Lipinski definition) is 3. The molecular formula is C14H18N2O2. The number of ether oxygens (including phenoxy) is 2. The lowest BCUT2D eigenvalue weighted by atomic mass is 10.0. The molecule has 1 atom stereocenters. The van der Waals surface area contributed by atoms with Crippen LogP contribution in [0.3, 0.4) is 0 Å². The molecule has 1 aromatic carbocycles. The molecule has 2 aromatic rings. The fourth-order valence-electron chi connectivity index (χ4n) is 2.61. The molecule has 3 rings (SSSR count). The summed E-state index contributed by atoms with van der Waals surface area (Å²) < 4.78 is 13.2. The van der Waals surface area contributed by atoms with E-state index >= 15 is 0 Å². The molecule has 4 nitrogen and oxygen atoms in total. The van der Waals surface area contributed by atoms with Crippen LogP contribution in [0.5, 0.6) is 5.75 Å². The zero-order valence-electron chi connectivity index (χ0n) is 10.8. The molecular weight excluding hydrogens is 228 g/mol. The fourth-order valence-corrected chi connectivity index (χ4v) is 2.61. The summed E-state index contributed by atoms with van der Waals surface area (Å²) in [4.78, 5) is 0. The van der Waals surface area contributed by atoms with Crippen molar-refractivity contribution in [3.63, 3.8) is 0 Å². The Kier molecular flexibility index (Phi) is 2.97. The summed E-state index contributed by atoms with van der Waals surface area (Å²) in [6, 6.07) is 6.59. The van der Waals surface area contributed by atoms with Crippen LogP contribution in [0.25, 0.3) is 10.9 Å². The third kappa shape index (κ3) is 1.78. The Balaban J connectivity index is 2.10. The zero-order chi connectivity index (χ0) is 12.5. The maximum Gasteiger partial charge on any atom is 0.133 e. The largest absolute Gasteiger partial charge is 0.496 e. The monoisotopic (exact) mass is 246 g/mol. The Hall–Kier alpha value is -1.52. The summed E-state index contributed by atoms with van der Waals surface area (Å²) in [5.74, 6) is 0.955. The second-order valence-corrected chi connectivity index (χ2v) is 4.63. The summed E-state index contributed by atoms with van der Waals surface area (Å²) in [6.45, 7) is 2.38. The molecule has 2 heterocycles. The molecule has 0 aliphatic carbocycles. The van der Waals surface area contributed by atoms with E-state index in [1.165, 1.54) is 11.1 Å². The predicted octanol–water partition coefficient (Wildman–Crippen LogP) is 1.85. The summed E-state index contributed by atoms with van der Waals surface area (Å²) in [6.07, 6.45) is 2.06. The summed E-state index contributed by atoms with van der Waals surface area (Å²) in [5.41, 5.74) is 2.36. The van der Waals surface area contributed by atoms with E-state index in [0.717, 1.165) is 24.3 Å². The first kappa shape index (κ1) is 11.6. The van der Waals surface area contributed by atoms with Gasteiger partial charge < -0.3 is 19.4 Å². The minimum Gasteiger partial charge on any atom is -0.496 e. The van der Waals surface area contributed by atoms with E-state index in [1.54, 1.807) is 7.11 Å². The van der Waals surface area contributed by atoms with Crippen molar-refractivity contribution >= 4 is 10.9 Å². The summed E-state index contributed by atoms with van der Waals surface area (Å²) >= 11 is 0. The molecule has 1 aliphatic heterocycles. The normalized spacial score (nSPS) is 20.2. The van der Waals surface area contributed by atoms with E-state index in [1.807, 2.05) is 7.05 Å². The minimum atomic E-state index is 0.221. The highest BCUT2D eigenvalue weighted by Crippen LogP contribution is 2.34. The number of morpholine rings is 1. The third-order valence-electron chi connectivity index (χ3n) is 3.55. The predicted molar refractivity (Wildman–Crippen MR) is 71.0 cm³/mol. The molecule has 4 heteroatoms. The fraction of sp³-hybridized carbons (Fsp3) is 0.429. The highest BCUT2D eigenvalue weighted by molar-refractivity contribution is 5.88. The van der Waals surface area contributed by atoms with Gasteiger partial charge in [-0.25, -0.2) is 0 Å². The number of aryl methyl sites for hydroxylation is 1. The molecule has 1 fully saturated rings. The van der Waals surface area contributed by atoms with Crippen molar-refractivity contribution in [2.75, 3.05) is 26.9 Å². The van der Waals surface area contributed by atoms with Crippen molar-refractivity contribution in [2.45, 2.75) is 6.04 Å². The van der Waals surface area contributed by atoms with Crippen molar-refractivity contribution in [3.05, 3.63) is 30.0 Å². The van der Waals surface area contributed by atoms with Crippen LogP contribution in [-0.2, 0) is 11.8 Å². The smallest absolute Gasteiger partial charge is 0.133 e. The Morgan fingerprint density at radius 3 is 3.00 bits per heavy atom. The van der Waals surface area contributed by atoms with E-state index < -0.39 is 0 Å². The van der Waals surface area contributed by atoms with Crippen LogP contribution in [0.15, 0.2) is 24.4 Å². The highest BCUT2D eigenvalue weighted by Gasteiger charge is 2.21. The van der Waals surface area contributed by atoms with Gasteiger partial charge in [0.1, 0.15) is 5.75 Å². The standard InChI is InChI=1S/C14H18N2O2/c1-16-7-5-11-13(16)4-3-10(14(11)17-2)12-9-18-8-6-15-12/h3-5,7,12,15H,6,8-9H2,1-2H3. The van der Waals surface area contributed by atoms with E-state index in [4.69, 9.17) is 9.47 Å². The molecule has 1 aliphatic rings. The van der Waals surface area contributed by atoms with Crippen LogP contribution in [-0.4, -0.2) is 31.4 Å². The molecule has 0 amide bonds. The topological polar surface area (TPSA) is 35.4 Å². The lowest BCUT2D eigenvalue weighted by molar-refractivity contribution is 0.0761. The average Bonchev–Trinajstić information content (AvgIpc) is 2.80. The Morgan fingerprint density at radius 2 is 2.28 bits per heavy atom. The first-order valence-electron chi connectivity index (χ1n) is 6.24. The molecule has 1 saturated heterocycles. The maximum absolute atomic E-state index is 5.62. The Labute approximate surface area is 106 Å². The second-order valence-electron chi connectivity index (χ2n) is 4.63. The molecule has 0 bridgehead atoms. The summed E-state index contributed by atoms with van der Waals surface area (Å²) in [7, 11) is 3.78. The molecule has 1 aromatic heterocycles. The van der Waals surface area contributed by atoms with E-state index in [0.29, 0.717) is 6.61 Å². The van der Waals surface area contributed by atoms with Gasteiger partial charge in [-0.15, -0.1) is 0 Å². The van der Waals surface area contributed by atoms with E-state index in [2.05, 4.69) is 34.3 Å². The van der Waals surface area contributed by atoms with Gasteiger partial charge in [0.2, 0.25) is 0 Å². The van der Waals surface area contributed by atoms with Crippen LogP contribution >= 0.6 is 0 Å². The lowest BCUT2D eigenvalue weighted by Gasteiger charge is -2.25. The molecule has 96 valence electrons. The number of hydrogen-bond donors (Lipinski definition) is 1. The number of fused-ring (bicyclic) bond motifs is 1. The minimum absolute atomic E-state index is 0.221. The molecule has 18 heavy (non-hydrogen) atoms. The lowest BCUT2D eigenvalue weighted by Crippen LogP contribution is -2.34. The molecule has 1 unspecified atom stereocenters. The number of nitrogens with zero attached hydrogens (tertiary/aromatic N) is 1. The van der Waals surface area contributed by atoms with Gasteiger partial charge in [-0.05, 0) is 12.1 Å². The van der Waals surface area contributed by atoms with E-state index in [-0.39, 0.29) is 6.04 Å². The van der Waals surface area contributed by atoms with Crippen LogP contribution in [0.4, 0.5) is 0 Å². The first-order valence-corrected chi connectivity index (χ1v) is 6.24. The molecule has 0 saturated carbocycles. The van der Waals surface area contributed by atoms with Gasteiger partial charge in [-0.2, -0.15) is 0 Å². The van der Waals surface area contributed by atoms with Crippen LogP contribution in [0.2, 0.25) is 0 Å². The van der Waals surface area contributed by atoms with Gasteiger partial charge in [0.15, 0.2) is 0 Å². The van der Waals surface area contributed by atoms with Crippen molar-refractivity contribution in [2.24, 2.45) is 7.05 Å². The van der Waals surface area contributed by atoms with Crippen LogP contribution in [0.1, 0.15) is 11.6 Å². The quantitative estimate of drug-likeness (QED) is 0.878. The van der Waals surface area contributed by atoms with E-state index in [9.17, 15) is 0 Å². The number of benzene rings is 1. The number of methoxy groups -OCH3 is 1. The average molecular weight is 246 g/mol. The number of rotatable bonds is 2. The number of aromatic nitrogens is 1. The first-order chi connectivity index (χ1) is 8.81. The van der Waals surface area contributed by atoms with Crippen molar-refractivity contribution in [3.8, 4) is 5.75 Å². The van der Waals surface area contributed by atoms with Gasteiger partial charge in [-0.3, -0.25) is 0 Å². The van der Waals surface area contributed by atoms with Crippen molar-refractivity contribution < 1.29 is 9.47 Å². The van der Waals surface area contributed by atoms with Gasteiger partial charge in [0.05, 0.1) is 31.9 Å². The maximum atomic E-state index is 5.62. The van der Waals surface area contributed by atoms with Gasteiger partial charge in [0.25, 0.3) is 0 Å². The molecule has 0 spiro atoms.